The van der Waals surface area contributed by atoms with Crippen LogP contribution in [0.3, 0.4) is 0 Å². The fourth-order valence-electron chi connectivity index (χ4n) is 3.27. The molecule has 0 radical (unpaired) electrons. The van der Waals surface area contributed by atoms with E-state index in [2.05, 4.69) is 0 Å². The third-order valence-electron chi connectivity index (χ3n) is 4.55. The maximum Gasteiger partial charge on any atom is 0.419 e. The topological polar surface area (TPSA) is 54.0 Å². The lowest BCUT2D eigenvalue weighted by atomic mass is 9.83. The Kier molecular flexibility index (Phi) is 6.00. The zero-order valence-electron chi connectivity index (χ0n) is 15.0. The summed E-state index contributed by atoms with van der Waals surface area (Å²) in [6, 6.07) is 1.76. The molecular weight excluding hydrogens is 379 g/mol. The average Bonchev–Trinajstić information content (AvgIpc) is 2.91. The van der Waals surface area contributed by atoms with Gasteiger partial charge in [-0.05, 0) is 19.9 Å². The summed E-state index contributed by atoms with van der Waals surface area (Å²) in [5, 5.41) is 0. The second-order valence-corrected chi connectivity index (χ2v) is 6.06. The van der Waals surface area contributed by atoms with Crippen LogP contribution in [0.1, 0.15) is 25.3 Å². The van der Waals surface area contributed by atoms with Crippen LogP contribution in [0.25, 0.3) is 0 Å². The van der Waals surface area contributed by atoms with Crippen LogP contribution in [-0.4, -0.2) is 50.8 Å². The fourth-order valence-corrected chi connectivity index (χ4v) is 3.27. The summed E-state index contributed by atoms with van der Waals surface area (Å²) in [4.78, 5) is 12.3. The van der Waals surface area contributed by atoms with Crippen molar-refractivity contribution in [2.75, 3.05) is 20.8 Å². The molecule has 0 bridgehead atoms. The van der Waals surface area contributed by atoms with Gasteiger partial charge < -0.3 is 18.9 Å². The van der Waals surface area contributed by atoms with Gasteiger partial charge in [-0.15, -0.1) is 0 Å². The average molecular weight is 398 g/mol. The van der Waals surface area contributed by atoms with Crippen molar-refractivity contribution in [1.29, 1.82) is 0 Å². The molecule has 10 heteroatoms. The van der Waals surface area contributed by atoms with Crippen LogP contribution in [0.2, 0.25) is 0 Å². The van der Waals surface area contributed by atoms with E-state index in [4.69, 9.17) is 18.9 Å². The van der Waals surface area contributed by atoms with Gasteiger partial charge in [-0.3, -0.25) is 0 Å². The van der Waals surface area contributed by atoms with Crippen molar-refractivity contribution < 1.29 is 45.7 Å². The molecular formula is C17H19F5O5. The van der Waals surface area contributed by atoms with Crippen LogP contribution in [0, 0.1) is 11.6 Å². The van der Waals surface area contributed by atoms with Crippen molar-refractivity contribution in [3.8, 4) is 5.75 Å². The van der Waals surface area contributed by atoms with Gasteiger partial charge in [0.15, 0.2) is 23.3 Å². The number of rotatable bonds is 5. The molecule has 1 saturated heterocycles. The van der Waals surface area contributed by atoms with E-state index in [1.807, 2.05) is 0 Å². The quantitative estimate of drug-likeness (QED) is 0.563. The number of esters is 1. The molecule has 0 N–H and O–H groups in total. The number of hydrogen-bond acceptors (Lipinski definition) is 5. The highest BCUT2D eigenvalue weighted by Gasteiger charge is 2.68. The Morgan fingerprint density at radius 1 is 1.26 bits per heavy atom. The van der Waals surface area contributed by atoms with Gasteiger partial charge in [-0.1, -0.05) is 6.07 Å². The van der Waals surface area contributed by atoms with E-state index in [0.29, 0.717) is 0 Å². The van der Waals surface area contributed by atoms with Gasteiger partial charge in [0.25, 0.3) is 0 Å². The number of methoxy groups -OCH3 is 2. The van der Waals surface area contributed by atoms with E-state index < -0.39 is 53.3 Å². The molecule has 27 heavy (non-hydrogen) atoms. The van der Waals surface area contributed by atoms with Crippen LogP contribution >= 0.6 is 0 Å². The van der Waals surface area contributed by atoms with Gasteiger partial charge in [0, 0.05) is 12.7 Å². The molecule has 1 heterocycles. The largest absolute Gasteiger partial charge is 0.493 e. The van der Waals surface area contributed by atoms with Crippen molar-refractivity contribution in [2.45, 2.75) is 43.8 Å². The molecule has 0 saturated carbocycles. The Morgan fingerprint density at radius 3 is 2.37 bits per heavy atom. The Balaban J connectivity index is 2.68. The lowest BCUT2D eigenvalue weighted by Gasteiger charge is -2.33. The van der Waals surface area contributed by atoms with E-state index in [9.17, 15) is 26.7 Å². The number of ether oxygens (including phenoxy) is 4. The van der Waals surface area contributed by atoms with Crippen LogP contribution in [-0.2, 0) is 19.0 Å². The molecule has 0 amide bonds. The lowest BCUT2D eigenvalue weighted by molar-refractivity contribution is -0.285. The monoisotopic (exact) mass is 398 g/mol. The summed E-state index contributed by atoms with van der Waals surface area (Å²) in [6.45, 7) is 2.08. The summed E-state index contributed by atoms with van der Waals surface area (Å²) in [7, 11) is 2.03. The summed E-state index contributed by atoms with van der Waals surface area (Å²) < 4.78 is 88.5. The molecule has 0 aromatic heterocycles. The third-order valence-corrected chi connectivity index (χ3v) is 4.55. The minimum absolute atomic E-state index is 0.110. The van der Waals surface area contributed by atoms with Crippen LogP contribution in [0.5, 0.6) is 5.75 Å². The summed E-state index contributed by atoms with van der Waals surface area (Å²) in [5.41, 5.74) is -3.09. The third kappa shape index (κ3) is 3.47. The Labute approximate surface area is 152 Å². The van der Waals surface area contributed by atoms with E-state index in [0.717, 1.165) is 33.3 Å². The minimum atomic E-state index is -4.92. The number of carbonyl (C=O) groups excluding carboxylic acids is 1. The van der Waals surface area contributed by atoms with Crippen LogP contribution < -0.4 is 4.74 Å². The molecule has 1 aliphatic heterocycles. The van der Waals surface area contributed by atoms with Crippen molar-refractivity contribution in [2.24, 2.45) is 0 Å². The van der Waals surface area contributed by atoms with Gasteiger partial charge in [0.1, 0.15) is 6.10 Å². The number of halogens is 5. The van der Waals surface area contributed by atoms with Crippen molar-refractivity contribution in [3.05, 3.63) is 29.3 Å². The van der Waals surface area contributed by atoms with Gasteiger partial charge in [-0.25, -0.2) is 9.18 Å². The van der Waals surface area contributed by atoms with E-state index in [1.165, 1.54) is 6.92 Å². The highest BCUT2D eigenvalue weighted by molar-refractivity contribution is 5.77. The molecule has 152 valence electrons. The van der Waals surface area contributed by atoms with Crippen molar-refractivity contribution >= 4 is 5.97 Å². The van der Waals surface area contributed by atoms with Crippen LogP contribution in [0.4, 0.5) is 22.0 Å². The molecule has 1 fully saturated rings. The normalized spacial score (nSPS) is 28.3. The first-order valence-electron chi connectivity index (χ1n) is 7.99. The van der Waals surface area contributed by atoms with Gasteiger partial charge in [0.2, 0.25) is 5.82 Å². The number of carbonyl (C=O) groups is 1. The maximum atomic E-state index is 14.1. The van der Waals surface area contributed by atoms with E-state index in [1.54, 1.807) is 0 Å². The standard InChI is InChI=1S/C17H19F5O5/c1-5-26-15(23)13-10(8-6-7-9(18)11(19)12(8)24-3)14(25-4)16(2,27-13)17(20,21)22/h6-7,10,13-14H,5H2,1-4H3. The second-order valence-electron chi connectivity index (χ2n) is 6.06. The van der Waals surface area contributed by atoms with Gasteiger partial charge in [-0.2, -0.15) is 17.6 Å². The predicted octanol–water partition coefficient (Wildman–Crippen LogP) is 3.35. The number of benzene rings is 1. The van der Waals surface area contributed by atoms with Gasteiger partial charge in [0.05, 0.1) is 19.6 Å². The molecule has 1 aromatic rings. The molecule has 1 aliphatic rings. The van der Waals surface area contributed by atoms with Crippen LogP contribution in [0.15, 0.2) is 12.1 Å². The summed E-state index contributed by atoms with van der Waals surface area (Å²) in [6.07, 6.45) is -8.43. The molecule has 5 nitrogen and oxygen atoms in total. The van der Waals surface area contributed by atoms with Crippen molar-refractivity contribution in [3.63, 3.8) is 0 Å². The fraction of sp³-hybridized carbons (Fsp3) is 0.588. The molecule has 0 spiro atoms. The van der Waals surface area contributed by atoms with E-state index >= 15 is 0 Å². The highest BCUT2D eigenvalue weighted by atomic mass is 19.4. The minimum Gasteiger partial charge on any atom is -0.493 e. The Morgan fingerprint density at radius 2 is 1.89 bits per heavy atom. The summed E-state index contributed by atoms with van der Waals surface area (Å²) >= 11 is 0. The molecule has 4 unspecified atom stereocenters. The SMILES string of the molecule is CCOC(=O)C1OC(C)(C(F)(F)F)C(OC)C1c1ccc(F)c(F)c1OC. The second kappa shape index (κ2) is 7.59. The molecule has 2 rings (SSSR count). The Bertz CT molecular complexity index is 708. The zero-order valence-corrected chi connectivity index (χ0v) is 15.0. The lowest BCUT2D eigenvalue weighted by Crippen LogP contribution is -2.51. The number of hydrogen-bond donors (Lipinski definition) is 0. The first-order chi connectivity index (χ1) is 12.5. The molecule has 4 atom stereocenters. The van der Waals surface area contributed by atoms with Crippen molar-refractivity contribution in [1.82, 2.24) is 0 Å². The highest BCUT2D eigenvalue weighted by Crippen LogP contribution is 2.52. The predicted molar refractivity (Wildman–Crippen MR) is 82.4 cm³/mol. The molecule has 1 aromatic carbocycles. The molecule has 0 aliphatic carbocycles. The first kappa shape index (κ1) is 21.4. The zero-order chi connectivity index (χ0) is 20.6. The Hall–Kier alpha value is -1.94. The smallest absolute Gasteiger partial charge is 0.419 e. The van der Waals surface area contributed by atoms with Gasteiger partial charge >= 0.3 is 12.1 Å². The van der Waals surface area contributed by atoms with E-state index in [-0.39, 0.29) is 12.2 Å². The summed E-state index contributed by atoms with van der Waals surface area (Å²) in [5.74, 6) is -5.82. The first-order valence-corrected chi connectivity index (χ1v) is 7.99. The number of alkyl halides is 3. The maximum absolute atomic E-state index is 14.1.